The van der Waals surface area contributed by atoms with Crippen molar-refractivity contribution in [2.45, 2.75) is 77.4 Å². The van der Waals surface area contributed by atoms with Crippen molar-refractivity contribution < 1.29 is 4.42 Å². The summed E-state index contributed by atoms with van der Waals surface area (Å²) in [5, 5.41) is 7.49. The number of hydrogen-bond donors (Lipinski definition) is 2. The summed E-state index contributed by atoms with van der Waals surface area (Å²) in [5.41, 5.74) is 1.05. The van der Waals surface area contributed by atoms with Crippen molar-refractivity contribution >= 4 is 0 Å². The predicted molar refractivity (Wildman–Crippen MR) is 84.2 cm³/mol. The fraction of sp³-hybridized carbons (Fsp3) is 0.824. The standard InChI is InChI=1S/C17H29N3O/c1-3-17-20-12(2)16(21-17)11-19-15-9-6-7-13(15)14-8-4-5-10-18-14/h13-15,18-19H,3-11H2,1-2H3. The molecular formula is C17H29N3O. The van der Waals surface area contributed by atoms with Crippen molar-refractivity contribution in [2.24, 2.45) is 5.92 Å². The summed E-state index contributed by atoms with van der Waals surface area (Å²) in [5.74, 6) is 2.68. The average molecular weight is 291 g/mol. The van der Waals surface area contributed by atoms with Gasteiger partial charge in [-0.05, 0) is 45.1 Å². The van der Waals surface area contributed by atoms with Gasteiger partial charge in [-0.1, -0.05) is 19.8 Å². The topological polar surface area (TPSA) is 50.1 Å². The van der Waals surface area contributed by atoms with Crippen LogP contribution >= 0.6 is 0 Å². The number of nitrogens with one attached hydrogen (secondary N) is 2. The van der Waals surface area contributed by atoms with Crippen LogP contribution in [0.15, 0.2) is 4.42 Å². The van der Waals surface area contributed by atoms with Crippen molar-refractivity contribution in [3.05, 3.63) is 17.3 Å². The Morgan fingerprint density at radius 3 is 2.86 bits per heavy atom. The smallest absolute Gasteiger partial charge is 0.194 e. The minimum Gasteiger partial charge on any atom is -0.444 e. The highest BCUT2D eigenvalue weighted by Crippen LogP contribution is 2.32. The number of rotatable bonds is 5. The lowest BCUT2D eigenvalue weighted by Crippen LogP contribution is -2.46. The van der Waals surface area contributed by atoms with Gasteiger partial charge in [-0.3, -0.25) is 0 Å². The predicted octanol–water partition coefficient (Wildman–Crippen LogP) is 2.95. The Morgan fingerprint density at radius 2 is 2.14 bits per heavy atom. The van der Waals surface area contributed by atoms with Crippen LogP contribution in [0.3, 0.4) is 0 Å². The Morgan fingerprint density at radius 1 is 1.24 bits per heavy atom. The molecule has 2 N–H and O–H groups in total. The lowest BCUT2D eigenvalue weighted by molar-refractivity contribution is 0.253. The molecule has 1 aromatic rings. The first-order valence-corrected chi connectivity index (χ1v) is 8.70. The maximum absolute atomic E-state index is 5.81. The van der Waals surface area contributed by atoms with Crippen molar-refractivity contribution in [3.8, 4) is 0 Å². The minimum absolute atomic E-state index is 0.634. The molecule has 0 amide bonds. The first kappa shape index (κ1) is 15.0. The molecule has 0 bridgehead atoms. The quantitative estimate of drug-likeness (QED) is 0.876. The largest absolute Gasteiger partial charge is 0.444 e. The Balaban J connectivity index is 1.57. The maximum atomic E-state index is 5.81. The van der Waals surface area contributed by atoms with Crippen LogP contribution in [0.4, 0.5) is 0 Å². The second-order valence-electron chi connectivity index (χ2n) is 6.61. The zero-order chi connectivity index (χ0) is 14.7. The van der Waals surface area contributed by atoms with Crippen molar-refractivity contribution in [1.29, 1.82) is 0 Å². The molecule has 3 rings (SSSR count). The van der Waals surface area contributed by atoms with Crippen molar-refractivity contribution in [1.82, 2.24) is 15.6 Å². The lowest BCUT2D eigenvalue weighted by atomic mass is 9.88. The van der Waals surface area contributed by atoms with Crippen LogP contribution in [0.1, 0.15) is 62.8 Å². The minimum atomic E-state index is 0.634. The second-order valence-corrected chi connectivity index (χ2v) is 6.61. The fourth-order valence-electron chi connectivity index (χ4n) is 4.00. The van der Waals surface area contributed by atoms with Gasteiger partial charge in [-0.15, -0.1) is 0 Å². The summed E-state index contributed by atoms with van der Waals surface area (Å²) in [6.07, 6.45) is 8.99. The van der Waals surface area contributed by atoms with Gasteiger partial charge in [0.2, 0.25) is 0 Å². The van der Waals surface area contributed by atoms with E-state index in [2.05, 4.69) is 29.5 Å². The number of oxazole rings is 1. The molecule has 1 saturated heterocycles. The van der Waals surface area contributed by atoms with E-state index < -0.39 is 0 Å². The molecule has 4 heteroatoms. The van der Waals surface area contributed by atoms with Crippen LogP contribution < -0.4 is 10.6 Å². The van der Waals surface area contributed by atoms with Gasteiger partial charge in [0.1, 0.15) is 5.76 Å². The molecule has 4 nitrogen and oxygen atoms in total. The van der Waals surface area contributed by atoms with Crippen molar-refractivity contribution in [3.63, 3.8) is 0 Å². The number of aryl methyl sites for hydroxylation is 2. The van der Waals surface area contributed by atoms with Crippen LogP contribution in [-0.4, -0.2) is 23.6 Å². The van der Waals surface area contributed by atoms with Gasteiger partial charge in [-0.25, -0.2) is 4.98 Å². The number of nitrogens with zero attached hydrogens (tertiary/aromatic N) is 1. The zero-order valence-corrected chi connectivity index (χ0v) is 13.5. The highest BCUT2D eigenvalue weighted by atomic mass is 16.4. The van der Waals surface area contributed by atoms with Gasteiger partial charge in [0.05, 0.1) is 12.2 Å². The zero-order valence-electron chi connectivity index (χ0n) is 13.5. The molecule has 2 fully saturated rings. The van der Waals surface area contributed by atoms with Crippen LogP contribution in [-0.2, 0) is 13.0 Å². The molecule has 2 heterocycles. The molecule has 21 heavy (non-hydrogen) atoms. The molecule has 1 aromatic heterocycles. The van der Waals surface area contributed by atoms with Gasteiger partial charge in [0.25, 0.3) is 0 Å². The molecule has 118 valence electrons. The van der Waals surface area contributed by atoms with E-state index >= 15 is 0 Å². The molecule has 0 radical (unpaired) electrons. The highest BCUT2D eigenvalue weighted by molar-refractivity contribution is 5.08. The molecule has 1 aliphatic heterocycles. The van der Waals surface area contributed by atoms with E-state index in [0.29, 0.717) is 6.04 Å². The summed E-state index contributed by atoms with van der Waals surface area (Å²) in [7, 11) is 0. The summed E-state index contributed by atoms with van der Waals surface area (Å²) in [6.45, 7) is 6.17. The third-order valence-electron chi connectivity index (χ3n) is 5.20. The van der Waals surface area contributed by atoms with E-state index in [1.165, 1.54) is 45.1 Å². The number of aromatic nitrogens is 1. The summed E-state index contributed by atoms with van der Waals surface area (Å²) >= 11 is 0. The Bertz CT molecular complexity index is 451. The van der Waals surface area contributed by atoms with E-state index in [0.717, 1.165) is 42.3 Å². The molecule has 0 spiro atoms. The Hall–Kier alpha value is -0.870. The van der Waals surface area contributed by atoms with Gasteiger partial charge in [0, 0.05) is 18.5 Å². The number of hydrogen-bond acceptors (Lipinski definition) is 4. The normalized spacial score (nSPS) is 29.9. The van der Waals surface area contributed by atoms with E-state index in [1.54, 1.807) is 0 Å². The van der Waals surface area contributed by atoms with Crippen LogP contribution in [0.2, 0.25) is 0 Å². The van der Waals surface area contributed by atoms with E-state index in [1.807, 2.05) is 0 Å². The van der Waals surface area contributed by atoms with Crippen LogP contribution in [0, 0.1) is 12.8 Å². The molecule has 1 saturated carbocycles. The molecule has 1 aliphatic carbocycles. The van der Waals surface area contributed by atoms with Gasteiger partial charge < -0.3 is 15.1 Å². The molecular weight excluding hydrogens is 262 g/mol. The summed E-state index contributed by atoms with van der Waals surface area (Å²) < 4.78 is 5.81. The SMILES string of the molecule is CCc1nc(C)c(CNC2CCCC2C2CCCCN2)o1. The van der Waals surface area contributed by atoms with Crippen molar-refractivity contribution in [2.75, 3.05) is 6.54 Å². The number of piperidine rings is 1. The summed E-state index contributed by atoms with van der Waals surface area (Å²) in [4.78, 5) is 4.46. The van der Waals surface area contributed by atoms with Gasteiger partial charge in [-0.2, -0.15) is 0 Å². The van der Waals surface area contributed by atoms with E-state index in [-0.39, 0.29) is 0 Å². The highest BCUT2D eigenvalue weighted by Gasteiger charge is 2.34. The fourth-order valence-corrected chi connectivity index (χ4v) is 4.00. The Kier molecular flexibility index (Phi) is 4.96. The average Bonchev–Trinajstić information content (AvgIpc) is 3.12. The van der Waals surface area contributed by atoms with Gasteiger partial charge >= 0.3 is 0 Å². The third kappa shape index (κ3) is 3.49. The first-order chi connectivity index (χ1) is 10.3. The second kappa shape index (κ2) is 6.93. The van der Waals surface area contributed by atoms with E-state index in [4.69, 9.17) is 4.42 Å². The maximum Gasteiger partial charge on any atom is 0.194 e. The molecule has 3 atom stereocenters. The van der Waals surface area contributed by atoms with Crippen LogP contribution in [0.5, 0.6) is 0 Å². The van der Waals surface area contributed by atoms with Gasteiger partial charge in [0.15, 0.2) is 5.89 Å². The third-order valence-corrected chi connectivity index (χ3v) is 5.20. The van der Waals surface area contributed by atoms with Crippen LogP contribution in [0.25, 0.3) is 0 Å². The summed E-state index contributed by atoms with van der Waals surface area (Å²) in [6, 6.07) is 1.36. The monoisotopic (exact) mass is 291 g/mol. The first-order valence-electron chi connectivity index (χ1n) is 8.70. The lowest BCUT2D eigenvalue weighted by Gasteiger charge is -2.33. The molecule has 3 unspecified atom stereocenters. The molecule has 0 aromatic carbocycles. The van der Waals surface area contributed by atoms with E-state index in [9.17, 15) is 0 Å². The molecule has 2 aliphatic rings. The Labute approximate surface area is 128 Å².